The summed E-state index contributed by atoms with van der Waals surface area (Å²) in [5.41, 5.74) is 0.849. The summed E-state index contributed by atoms with van der Waals surface area (Å²) in [6.07, 6.45) is 1.45. The zero-order valence-electron chi connectivity index (χ0n) is 6.46. The molecule has 0 aliphatic heterocycles. The van der Waals surface area contributed by atoms with Gasteiger partial charge in [-0.1, -0.05) is 27.5 Å². The van der Waals surface area contributed by atoms with Gasteiger partial charge in [-0.15, -0.1) is 0 Å². The molecule has 13 heavy (non-hydrogen) atoms. The lowest BCUT2D eigenvalue weighted by atomic mass is 10.2. The molecule has 0 fully saturated rings. The normalized spacial score (nSPS) is 10.3. The second-order valence-corrected chi connectivity index (χ2v) is 3.78. The van der Waals surface area contributed by atoms with Crippen molar-refractivity contribution in [2.75, 3.05) is 0 Å². The Hall–Kier alpha value is -0.870. The summed E-state index contributed by atoms with van der Waals surface area (Å²) >= 11 is 9.33. The van der Waals surface area contributed by atoms with Crippen molar-refractivity contribution in [2.24, 2.45) is 0 Å². The predicted molar refractivity (Wildman–Crippen MR) is 54.5 cm³/mol. The number of halogens is 2. The molecule has 2 aromatic rings. The second kappa shape index (κ2) is 3.47. The summed E-state index contributed by atoms with van der Waals surface area (Å²) in [5, 5.41) is 7.15. The van der Waals surface area contributed by atoms with Crippen molar-refractivity contribution < 1.29 is 0 Å². The Balaban J connectivity index is 2.53. The van der Waals surface area contributed by atoms with Crippen LogP contribution in [0, 0.1) is 0 Å². The maximum atomic E-state index is 6.00. The first-order valence-corrected chi connectivity index (χ1v) is 4.75. The molecule has 2 rings (SSSR count). The molecular weight excluding hydrogens is 253 g/mol. The molecule has 0 atom stereocenters. The molecule has 1 aromatic heterocycles. The van der Waals surface area contributed by atoms with Crippen LogP contribution in [0.1, 0.15) is 0 Å². The number of hydrogen-bond donors (Lipinski definition) is 1. The minimum Gasteiger partial charge on any atom is -0.259 e. The average molecular weight is 259 g/mol. The smallest absolute Gasteiger partial charge is 0.156 e. The number of aromatic nitrogens is 3. The molecular formula is C8H5BrClN3. The molecule has 0 spiro atoms. The monoisotopic (exact) mass is 257 g/mol. The standard InChI is InChI=1S/C8H5BrClN3/c9-5-1-2-6(7(10)3-5)8-11-4-12-13-8/h1-4H,(H,11,12,13). The Labute approximate surface area is 88.3 Å². The van der Waals surface area contributed by atoms with E-state index in [0.29, 0.717) is 10.8 Å². The van der Waals surface area contributed by atoms with Crippen LogP contribution in [0.2, 0.25) is 5.02 Å². The van der Waals surface area contributed by atoms with Gasteiger partial charge in [-0.2, -0.15) is 5.10 Å². The van der Waals surface area contributed by atoms with Crippen LogP contribution in [0.15, 0.2) is 29.0 Å². The van der Waals surface area contributed by atoms with Crippen LogP contribution in [-0.4, -0.2) is 15.2 Å². The van der Waals surface area contributed by atoms with Gasteiger partial charge in [0.1, 0.15) is 6.33 Å². The Bertz CT molecular complexity index is 413. The minimum absolute atomic E-state index is 0.645. The fraction of sp³-hybridized carbons (Fsp3) is 0. The van der Waals surface area contributed by atoms with E-state index in [9.17, 15) is 0 Å². The van der Waals surface area contributed by atoms with Crippen LogP contribution in [0.25, 0.3) is 11.4 Å². The SMILES string of the molecule is Clc1cc(Br)ccc1-c1ncn[nH]1. The zero-order chi connectivity index (χ0) is 9.26. The molecule has 5 heteroatoms. The molecule has 3 nitrogen and oxygen atoms in total. The van der Waals surface area contributed by atoms with Crippen LogP contribution in [0.4, 0.5) is 0 Å². The third-order valence-corrected chi connectivity index (χ3v) is 2.41. The van der Waals surface area contributed by atoms with Gasteiger partial charge in [-0.25, -0.2) is 4.98 Å². The van der Waals surface area contributed by atoms with Crippen molar-refractivity contribution in [1.82, 2.24) is 15.2 Å². The van der Waals surface area contributed by atoms with Crippen LogP contribution in [0.3, 0.4) is 0 Å². The summed E-state index contributed by atoms with van der Waals surface area (Å²) in [7, 11) is 0. The largest absolute Gasteiger partial charge is 0.259 e. The maximum Gasteiger partial charge on any atom is 0.156 e. The summed E-state index contributed by atoms with van der Waals surface area (Å²) in [6, 6.07) is 5.61. The number of rotatable bonds is 1. The van der Waals surface area contributed by atoms with Crippen LogP contribution in [-0.2, 0) is 0 Å². The van der Waals surface area contributed by atoms with E-state index >= 15 is 0 Å². The number of hydrogen-bond acceptors (Lipinski definition) is 2. The van der Waals surface area contributed by atoms with E-state index < -0.39 is 0 Å². The Morgan fingerprint density at radius 3 is 2.85 bits per heavy atom. The Kier molecular flexibility index (Phi) is 2.33. The second-order valence-electron chi connectivity index (χ2n) is 2.46. The van der Waals surface area contributed by atoms with Gasteiger partial charge in [0.15, 0.2) is 5.82 Å². The highest BCUT2D eigenvalue weighted by Crippen LogP contribution is 2.27. The van der Waals surface area contributed by atoms with E-state index in [1.807, 2.05) is 18.2 Å². The van der Waals surface area contributed by atoms with Crippen LogP contribution in [0.5, 0.6) is 0 Å². The van der Waals surface area contributed by atoms with Gasteiger partial charge in [-0.05, 0) is 18.2 Å². The fourth-order valence-electron chi connectivity index (χ4n) is 1.02. The molecule has 0 bridgehead atoms. The molecule has 1 aromatic carbocycles. The third-order valence-electron chi connectivity index (χ3n) is 1.60. The molecule has 0 aliphatic rings. The number of nitrogens with zero attached hydrogens (tertiary/aromatic N) is 2. The van der Waals surface area contributed by atoms with Gasteiger partial charge < -0.3 is 0 Å². The van der Waals surface area contributed by atoms with E-state index in [2.05, 4.69) is 31.1 Å². The molecule has 1 N–H and O–H groups in total. The molecule has 66 valence electrons. The van der Waals surface area contributed by atoms with Crippen molar-refractivity contribution in [3.05, 3.63) is 34.0 Å². The van der Waals surface area contributed by atoms with Crippen molar-refractivity contribution in [3.63, 3.8) is 0 Å². The van der Waals surface area contributed by atoms with Gasteiger partial charge in [-0.3, -0.25) is 5.10 Å². The molecule has 0 unspecified atom stereocenters. The summed E-state index contributed by atoms with van der Waals surface area (Å²) in [6.45, 7) is 0. The first-order valence-electron chi connectivity index (χ1n) is 3.58. The van der Waals surface area contributed by atoms with Crippen molar-refractivity contribution in [3.8, 4) is 11.4 Å². The molecule has 1 heterocycles. The number of nitrogens with one attached hydrogen (secondary N) is 1. The van der Waals surface area contributed by atoms with Crippen molar-refractivity contribution >= 4 is 27.5 Å². The van der Waals surface area contributed by atoms with Gasteiger partial charge in [0.2, 0.25) is 0 Å². The number of H-pyrrole nitrogens is 1. The topological polar surface area (TPSA) is 41.6 Å². The summed E-state index contributed by atoms with van der Waals surface area (Å²) in [5.74, 6) is 0.678. The van der Waals surface area contributed by atoms with Crippen molar-refractivity contribution in [2.45, 2.75) is 0 Å². The van der Waals surface area contributed by atoms with Gasteiger partial charge in [0, 0.05) is 10.0 Å². The quantitative estimate of drug-likeness (QED) is 0.854. The summed E-state index contributed by atoms with van der Waals surface area (Å²) < 4.78 is 0.945. The molecule has 0 amide bonds. The molecule has 0 saturated heterocycles. The lowest BCUT2D eigenvalue weighted by Crippen LogP contribution is -1.82. The number of aromatic amines is 1. The lowest BCUT2D eigenvalue weighted by molar-refractivity contribution is 1.10. The van der Waals surface area contributed by atoms with Gasteiger partial charge in [0.05, 0.1) is 5.02 Å². The number of benzene rings is 1. The summed E-state index contributed by atoms with van der Waals surface area (Å²) in [4.78, 5) is 4.01. The highest BCUT2D eigenvalue weighted by molar-refractivity contribution is 9.10. The van der Waals surface area contributed by atoms with E-state index in [4.69, 9.17) is 11.6 Å². The fourth-order valence-corrected chi connectivity index (χ4v) is 1.78. The molecule has 0 aliphatic carbocycles. The van der Waals surface area contributed by atoms with Crippen LogP contribution >= 0.6 is 27.5 Å². The minimum atomic E-state index is 0.645. The molecule has 0 radical (unpaired) electrons. The van der Waals surface area contributed by atoms with Gasteiger partial charge >= 0.3 is 0 Å². The molecule has 0 saturated carbocycles. The van der Waals surface area contributed by atoms with Crippen molar-refractivity contribution in [1.29, 1.82) is 0 Å². The highest BCUT2D eigenvalue weighted by Gasteiger charge is 2.05. The maximum absolute atomic E-state index is 6.00. The van der Waals surface area contributed by atoms with E-state index in [1.165, 1.54) is 6.33 Å². The lowest BCUT2D eigenvalue weighted by Gasteiger charge is -1.99. The van der Waals surface area contributed by atoms with E-state index in [1.54, 1.807) is 0 Å². The zero-order valence-corrected chi connectivity index (χ0v) is 8.80. The first kappa shape index (κ1) is 8.72. The third kappa shape index (κ3) is 1.73. The van der Waals surface area contributed by atoms with E-state index in [-0.39, 0.29) is 0 Å². The highest BCUT2D eigenvalue weighted by atomic mass is 79.9. The Morgan fingerprint density at radius 2 is 2.23 bits per heavy atom. The van der Waals surface area contributed by atoms with Crippen LogP contribution < -0.4 is 0 Å². The first-order chi connectivity index (χ1) is 6.27. The van der Waals surface area contributed by atoms with E-state index in [0.717, 1.165) is 10.0 Å². The predicted octanol–water partition coefficient (Wildman–Crippen LogP) is 2.89. The average Bonchev–Trinajstić information content (AvgIpc) is 2.56. The van der Waals surface area contributed by atoms with Gasteiger partial charge in [0.25, 0.3) is 0 Å². The Morgan fingerprint density at radius 1 is 1.38 bits per heavy atom.